The summed E-state index contributed by atoms with van der Waals surface area (Å²) in [6.45, 7) is 7.98. The van der Waals surface area contributed by atoms with Crippen LogP contribution in [0.5, 0.6) is 0 Å². The highest BCUT2D eigenvalue weighted by Crippen LogP contribution is 2.36. The first-order valence-electron chi connectivity index (χ1n) is 7.64. The Kier molecular flexibility index (Phi) is 6.28. The molecule has 24 heavy (non-hydrogen) atoms. The smallest absolute Gasteiger partial charge is 0.271 e. The number of rotatable bonds is 6. The van der Waals surface area contributed by atoms with Gasteiger partial charge in [0.2, 0.25) is 0 Å². The van der Waals surface area contributed by atoms with E-state index in [1.54, 1.807) is 6.07 Å². The van der Waals surface area contributed by atoms with Crippen LogP contribution < -0.4 is 16.6 Å². The highest BCUT2D eigenvalue weighted by molar-refractivity contribution is 8.11. The Balaban J connectivity index is 2.23. The van der Waals surface area contributed by atoms with E-state index in [1.807, 2.05) is 38.3 Å². The predicted octanol–water partition coefficient (Wildman–Crippen LogP) is 4.58. The maximum Gasteiger partial charge on any atom is 0.271 e. The van der Waals surface area contributed by atoms with Gasteiger partial charge in [-0.25, -0.2) is 4.98 Å². The Morgan fingerprint density at radius 3 is 2.83 bits per heavy atom. The van der Waals surface area contributed by atoms with Crippen LogP contribution in [-0.2, 0) is 0 Å². The van der Waals surface area contributed by atoms with Crippen molar-refractivity contribution in [2.24, 2.45) is 5.73 Å². The molecule has 128 valence electrons. The summed E-state index contributed by atoms with van der Waals surface area (Å²) in [5.41, 5.74) is 9.20. The zero-order valence-corrected chi connectivity index (χ0v) is 15.9. The van der Waals surface area contributed by atoms with Gasteiger partial charge in [-0.3, -0.25) is 4.79 Å². The molecule has 0 fully saturated rings. The van der Waals surface area contributed by atoms with Crippen molar-refractivity contribution in [1.29, 1.82) is 0 Å². The standard InChI is InChI=1S/C17H22N4OS2/c1-5-6-14(18)24-15(10(2)3)13-9-23-17(21-13)20-12-8-7-11(4)19-16(12)22/h6-9H,5,18H2,1-4H3,(H,19,22)(H,20,21)/b14-6+. The summed E-state index contributed by atoms with van der Waals surface area (Å²) < 4.78 is 0. The number of thioether (sulfide) groups is 1. The van der Waals surface area contributed by atoms with E-state index < -0.39 is 0 Å². The van der Waals surface area contributed by atoms with Crippen molar-refractivity contribution >= 4 is 38.8 Å². The molecule has 2 aromatic rings. The fourth-order valence-corrected chi connectivity index (χ4v) is 3.68. The van der Waals surface area contributed by atoms with Crippen molar-refractivity contribution in [3.8, 4) is 0 Å². The Bertz CT molecular complexity index is 829. The van der Waals surface area contributed by atoms with Crippen molar-refractivity contribution in [1.82, 2.24) is 9.97 Å². The Labute approximate surface area is 150 Å². The minimum absolute atomic E-state index is 0.154. The number of hydrogen-bond donors (Lipinski definition) is 3. The quantitative estimate of drug-likeness (QED) is 0.700. The maximum absolute atomic E-state index is 11.9. The van der Waals surface area contributed by atoms with Crippen LogP contribution in [0.4, 0.5) is 10.8 Å². The third kappa shape index (κ3) is 4.75. The number of aromatic nitrogens is 2. The molecule has 0 radical (unpaired) electrons. The van der Waals surface area contributed by atoms with Crippen LogP contribution in [0.2, 0.25) is 0 Å². The van der Waals surface area contributed by atoms with Crippen LogP contribution in [0.25, 0.3) is 4.91 Å². The summed E-state index contributed by atoms with van der Waals surface area (Å²) in [5, 5.41) is 6.50. The third-order valence-corrected chi connectivity index (χ3v) is 5.09. The Morgan fingerprint density at radius 1 is 1.46 bits per heavy atom. The van der Waals surface area contributed by atoms with Crippen molar-refractivity contribution in [2.45, 2.75) is 34.1 Å². The molecule has 0 aromatic carbocycles. The minimum Gasteiger partial charge on any atom is -0.394 e. The van der Waals surface area contributed by atoms with Crippen LogP contribution in [0.1, 0.15) is 38.6 Å². The van der Waals surface area contributed by atoms with Gasteiger partial charge in [-0.15, -0.1) is 11.3 Å². The molecule has 0 saturated heterocycles. The number of aryl methyl sites for hydroxylation is 1. The molecule has 2 aromatic heterocycles. The maximum atomic E-state index is 11.9. The molecule has 0 aliphatic rings. The molecule has 0 unspecified atom stereocenters. The SMILES string of the molecule is CC/C=C(\N)SC(=C(C)C)c1csc(Nc2ccc(C)[nH]c2=O)n1. The van der Waals surface area contributed by atoms with E-state index in [9.17, 15) is 4.79 Å². The van der Waals surface area contributed by atoms with Gasteiger partial charge >= 0.3 is 0 Å². The van der Waals surface area contributed by atoms with E-state index in [2.05, 4.69) is 22.2 Å². The molecule has 2 rings (SSSR count). The number of nitrogens with two attached hydrogens (primary N) is 1. The van der Waals surface area contributed by atoms with Gasteiger partial charge < -0.3 is 16.0 Å². The molecular weight excluding hydrogens is 340 g/mol. The number of pyridine rings is 1. The lowest BCUT2D eigenvalue weighted by atomic mass is 10.3. The zero-order valence-electron chi connectivity index (χ0n) is 14.3. The fraction of sp³-hybridized carbons (Fsp3) is 0.294. The van der Waals surface area contributed by atoms with Gasteiger partial charge in [-0.1, -0.05) is 30.3 Å². The van der Waals surface area contributed by atoms with Crippen LogP contribution in [-0.4, -0.2) is 9.97 Å². The van der Waals surface area contributed by atoms with Gasteiger partial charge in [0.25, 0.3) is 5.56 Å². The van der Waals surface area contributed by atoms with E-state index >= 15 is 0 Å². The summed E-state index contributed by atoms with van der Waals surface area (Å²) >= 11 is 2.98. The first-order valence-corrected chi connectivity index (χ1v) is 9.34. The molecule has 0 bridgehead atoms. The first-order chi connectivity index (χ1) is 11.4. The molecule has 0 saturated carbocycles. The number of allylic oxidation sites excluding steroid dienone is 2. The summed E-state index contributed by atoms with van der Waals surface area (Å²) in [6, 6.07) is 3.61. The summed E-state index contributed by atoms with van der Waals surface area (Å²) in [4.78, 5) is 20.3. The van der Waals surface area contributed by atoms with E-state index in [1.165, 1.54) is 23.1 Å². The van der Waals surface area contributed by atoms with Gasteiger partial charge in [0.1, 0.15) is 5.69 Å². The molecule has 7 heteroatoms. The number of nitrogens with zero attached hydrogens (tertiary/aromatic N) is 1. The molecule has 2 heterocycles. The van der Waals surface area contributed by atoms with E-state index in [-0.39, 0.29) is 5.56 Å². The highest BCUT2D eigenvalue weighted by Gasteiger charge is 2.12. The second-order valence-corrected chi connectivity index (χ2v) is 7.43. The number of H-pyrrole nitrogens is 1. The fourth-order valence-electron chi connectivity index (χ4n) is 1.99. The highest BCUT2D eigenvalue weighted by atomic mass is 32.2. The second-order valence-electron chi connectivity index (χ2n) is 5.49. The molecule has 5 nitrogen and oxygen atoms in total. The van der Waals surface area contributed by atoms with Crippen LogP contribution in [0.15, 0.2) is 39.0 Å². The lowest BCUT2D eigenvalue weighted by Gasteiger charge is -2.07. The third-order valence-electron chi connectivity index (χ3n) is 3.11. The number of aromatic amines is 1. The molecule has 0 aliphatic carbocycles. The zero-order chi connectivity index (χ0) is 17.7. The van der Waals surface area contributed by atoms with Crippen LogP contribution >= 0.6 is 23.1 Å². The van der Waals surface area contributed by atoms with Crippen molar-refractivity contribution < 1.29 is 0 Å². The number of thiazole rings is 1. The average molecular weight is 363 g/mol. The van der Waals surface area contributed by atoms with Gasteiger partial charge in [0.15, 0.2) is 5.13 Å². The van der Waals surface area contributed by atoms with Gasteiger partial charge in [0.05, 0.1) is 10.7 Å². The first kappa shape index (κ1) is 18.4. The summed E-state index contributed by atoms with van der Waals surface area (Å²) in [7, 11) is 0. The number of nitrogens with one attached hydrogen (secondary N) is 2. The minimum atomic E-state index is -0.154. The van der Waals surface area contributed by atoms with Gasteiger partial charge in [0, 0.05) is 16.0 Å². The van der Waals surface area contributed by atoms with Crippen LogP contribution in [0.3, 0.4) is 0 Å². The van der Waals surface area contributed by atoms with E-state index in [0.717, 1.165) is 33.3 Å². The lowest BCUT2D eigenvalue weighted by Crippen LogP contribution is -2.11. The normalized spacial score (nSPS) is 11.4. The van der Waals surface area contributed by atoms with Crippen LogP contribution in [0, 0.1) is 6.92 Å². The second kappa shape index (κ2) is 8.21. The Morgan fingerprint density at radius 2 is 2.21 bits per heavy atom. The van der Waals surface area contributed by atoms with E-state index in [4.69, 9.17) is 5.73 Å². The summed E-state index contributed by atoms with van der Waals surface area (Å²) in [5.74, 6) is 0. The molecule has 4 N–H and O–H groups in total. The molecule has 0 atom stereocenters. The summed E-state index contributed by atoms with van der Waals surface area (Å²) in [6.07, 6.45) is 2.89. The van der Waals surface area contributed by atoms with Gasteiger partial charge in [-0.05, 0) is 39.3 Å². The number of anilines is 2. The topological polar surface area (TPSA) is 83.8 Å². The molecular formula is C17H22N4OS2. The lowest BCUT2D eigenvalue weighted by molar-refractivity contribution is 1.14. The Hall–Kier alpha value is -1.99. The van der Waals surface area contributed by atoms with Gasteiger partial charge in [-0.2, -0.15) is 0 Å². The molecule has 0 aliphatic heterocycles. The van der Waals surface area contributed by atoms with Crippen molar-refractivity contribution in [2.75, 3.05) is 5.32 Å². The molecule has 0 amide bonds. The van der Waals surface area contributed by atoms with E-state index in [0.29, 0.717) is 10.8 Å². The molecule has 0 spiro atoms. The van der Waals surface area contributed by atoms with Crippen molar-refractivity contribution in [3.63, 3.8) is 0 Å². The average Bonchev–Trinajstić information content (AvgIpc) is 2.96. The monoisotopic (exact) mass is 362 g/mol. The largest absolute Gasteiger partial charge is 0.394 e. The number of hydrogen-bond acceptors (Lipinski definition) is 6. The van der Waals surface area contributed by atoms with Crippen molar-refractivity contribution in [3.05, 3.63) is 55.9 Å². The predicted molar refractivity (Wildman–Crippen MR) is 106 cm³/mol.